The van der Waals surface area contributed by atoms with Crippen LogP contribution in [0.2, 0.25) is 10.2 Å². The first-order chi connectivity index (χ1) is 18.8. The number of imidazole rings is 1. The highest BCUT2D eigenvalue weighted by Gasteiger charge is 2.42. The van der Waals surface area contributed by atoms with Gasteiger partial charge >= 0.3 is 0 Å². The lowest BCUT2D eigenvalue weighted by molar-refractivity contribution is -0.0722. The van der Waals surface area contributed by atoms with E-state index in [9.17, 15) is 0 Å². The maximum atomic E-state index is 6.44. The van der Waals surface area contributed by atoms with Gasteiger partial charge in [-0.15, -0.1) is 10.2 Å². The zero-order chi connectivity index (χ0) is 27.1. The molecule has 2 aliphatic rings. The molecule has 1 saturated heterocycles. The number of hydrogen-bond acceptors (Lipinski definition) is 8. The lowest BCUT2D eigenvalue weighted by Gasteiger charge is -2.32. The second-order valence-corrected chi connectivity index (χ2v) is 11.1. The van der Waals surface area contributed by atoms with Crippen molar-refractivity contribution in [3.05, 3.63) is 69.9 Å². The van der Waals surface area contributed by atoms with Crippen molar-refractivity contribution in [3.8, 4) is 11.5 Å². The Labute approximate surface area is 237 Å². The van der Waals surface area contributed by atoms with Gasteiger partial charge < -0.3 is 18.8 Å². The average Bonchev–Trinajstić information content (AvgIpc) is 3.46. The van der Waals surface area contributed by atoms with E-state index in [0.717, 1.165) is 54.4 Å². The monoisotopic (exact) mass is 568 g/mol. The van der Waals surface area contributed by atoms with Crippen LogP contribution in [0, 0.1) is 0 Å². The summed E-state index contributed by atoms with van der Waals surface area (Å²) in [6.07, 6.45) is 3.62. The van der Waals surface area contributed by atoms with Crippen LogP contribution in [0.4, 0.5) is 0 Å². The Morgan fingerprint density at radius 3 is 2.69 bits per heavy atom. The van der Waals surface area contributed by atoms with Crippen molar-refractivity contribution >= 4 is 34.4 Å². The predicted octanol–water partition coefficient (Wildman–Crippen LogP) is 5.59. The molecule has 0 bridgehead atoms. The van der Waals surface area contributed by atoms with Crippen molar-refractivity contribution in [3.63, 3.8) is 0 Å². The molecule has 2 atom stereocenters. The van der Waals surface area contributed by atoms with Crippen LogP contribution in [0.1, 0.15) is 49.7 Å². The second kappa shape index (κ2) is 10.5. The number of para-hydroxylation sites is 1. The SMILES string of the molecule is COC(C)Cn1c(CN2CCC(c3cccc4c3O[C@@](C)(c3ccc(Cl)cn3)O4)CC2)nc2cc(Cl)nnc21. The van der Waals surface area contributed by atoms with E-state index in [-0.39, 0.29) is 6.10 Å². The number of likely N-dealkylation sites (tertiary alicyclic amines) is 1. The Hall–Kier alpha value is -2.98. The van der Waals surface area contributed by atoms with Gasteiger partial charge in [-0.1, -0.05) is 35.3 Å². The molecule has 2 aliphatic heterocycles. The highest BCUT2D eigenvalue weighted by Crippen LogP contribution is 2.49. The van der Waals surface area contributed by atoms with E-state index < -0.39 is 5.79 Å². The number of ether oxygens (including phenoxy) is 3. The lowest BCUT2D eigenvalue weighted by Crippen LogP contribution is -2.34. The Morgan fingerprint density at radius 1 is 1.13 bits per heavy atom. The summed E-state index contributed by atoms with van der Waals surface area (Å²) in [5.41, 5.74) is 3.33. The quantitative estimate of drug-likeness (QED) is 0.285. The van der Waals surface area contributed by atoms with Gasteiger partial charge in [0.05, 0.1) is 24.2 Å². The number of methoxy groups -OCH3 is 1. The van der Waals surface area contributed by atoms with Crippen LogP contribution in [-0.2, 0) is 23.6 Å². The molecule has 3 aromatic heterocycles. The second-order valence-electron chi connectivity index (χ2n) is 10.3. The van der Waals surface area contributed by atoms with Gasteiger partial charge in [0.25, 0.3) is 5.79 Å². The maximum Gasteiger partial charge on any atom is 0.292 e. The third-order valence-electron chi connectivity index (χ3n) is 7.58. The summed E-state index contributed by atoms with van der Waals surface area (Å²) in [5.74, 6) is 1.86. The minimum Gasteiger partial charge on any atom is -0.443 e. The summed E-state index contributed by atoms with van der Waals surface area (Å²) in [5, 5.41) is 9.26. The van der Waals surface area contributed by atoms with Gasteiger partial charge in [0.2, 0.25) is 0 Å². The zero-order valence-electron chi connectivity index (χ0n) is 22.1. The maximum absolute atomic E-state index is 6.44. The number of fused-ring (bicyclic) bond motifs is 2. The Morgan fingerprint density at radius 2 is 1.95 bits per heavy atom. The van der Waals surface area contributed by atoms with Gasteiger partial charge in [0, 0.05) is 31.9 Å². The number of nitrogens with zero attached hydrogens (tertiary/aromatic N) is 6. The van der Waals surface area contributed by atoms with Crippen molar-refractivity contribution in [1.82, 2.24) is 29.6 Å². The molecule has 6 rings (SSSR count). The molecule has 1 fully saturated rings. The van der Waals surface area contributed by atoms with E-state index in [4.69, 9.17) is 42.4 Å². The highest BCUT2D eigenvalue weighted by molar-refractivity contribution is 6.30. The molecule has 4 aromatic rings. The van der Waals surface area contributed by atoms with E-state index >= 15 is 0 Å². The number of pyridine rings is 1. The fourth-order valence-electron chi connectivity index (χ4n) is 5.41. The van der Waals surface area contributed by atoms with Crippen LogP contribution >= 0.6 is 23.2 Å². The molecule has 0 aliphatic carbocycles. The van der Waals surface area contributed by atoms with Crippen molar-refractivity contribution in [2.75, 3.05) is 20.2 Å². The van der Waals surface area contributed by atoms with Crippen molar-refractivity contribution in [2.45, 2.75) is 57.6 Å². The lowest BCUT2D eigenvalue weighted by atomic mass is 9.88. The topological polar surface area (TPSA) is 87.4 Å². The molecule has 39 heavy (non-hydrogen) atoms. The molecular formula is C28H30Cl2N6O3. The van der Waals surface area contributed by atoms with Crippen molar-refractivity contribution < 1.29 is 14.2 Å². The van der Waals surface area contributed by atoms with Gasteiger partial charge in [-0.05, 0) is 57.0 Å². The van der Waals surface area contributed by atoms with E-state index in [1.165, 1.54) is 5.56 Å². The Bertz CT molecular complexity index is 1490. The summed E-state index contributed by atoms with van der Waals surface area (Å²) < 4.78 is 20.3. The Balaban J connectivity index is 1.17. The first-order valence-electron chi connectivity index (χ1n) is 13.1. The minimum atomic E-state index is -0.992. The number of rotatable bonds is 7. The van der Waals surface area contributed by atoms with Crippen LogP contribution in [0.3, 0.4) is 0 Å². The number of piperidine rings is 1. The van der Waals surface area contributed by atoms with Crippen molar-refractivity contribution in [1.29, 1.82) is 0 Å². The highest BCUT2D eigenvalue weighted by atomic mass is 35.5. The fourth-order valence-corrected chi connectivity index (χ4v) is 5.67. The van der Waals surface area contributed by atoms with Gasteiger partial charge in [-0.3, -0.25) is 9.88 Å². The molecule has 1 unspecified atom stereocenters. The zero-order valence-corrected chi connectivity index (χ0v) is 23.6. The fraction of sp³-hybridized carbons (Fsp3) is 0.429. The number of halogens is 2. The van der Waals surface area contributed by atoms with E-state index in [2.05, 4.69) is 30.7 Å². The predicted molar refractivity (Wildman–Crippen MR) is 148 cm³/mol. The summed E-state index contributed by atoms with van der Waals surface area (Å²) in [6.45, 7) is 7.14. The largest absolute Gasteiger partial charge is 0.443 e. The molecule has 1 aromatic carbocycles. The smallest absolute Gasteiger partial charge is 0.292 e. The number of hydrogen-bond donors (Lipinski definition) is 0. The summed E-state index contributed by atoms with van der Waals surface area (Å²) in [4.78, 5) is 11.7. The number of aromatic nitrogens is 5. The first kappa shape index (κ1) is 26.3. The number of benzene rings is 1. The molecule has 0 spiro atoms. The van der Waals surface area contributed by atoms with Gasteiger partial charge in [0.15, 0.2) is 22.3 Å². The van der Waals surface area contributed by atoms with E-state index in [0.29, 0.717) is 34.9 Å². The third kappa shape index (κ3) is 5.16. The van der Waals surface area contributed by atoms with Crippen LogP contribution in [0.5, 0.6) is 11.5 Å². The van der Waals surface area contributed by atoms with E-state index in [1.807, 2.05) is 32.0 Å². The molecule has 0 saturated carbocycles. The third-order valence-corrected chi connectivity index (χ3v) is 7.99. The molecule has 11 heteroatoms. The van der Waals surface area contributed by atoms with Crippen LogP contribution in [-0.4, -0.2) is 55.9 Å². The molecular weight excluding hydrogens is 539 g/mol. The molecule has 204 valence electrons. The van der Waals surface area contributed by atoms with E-state index in [1.54, 1.807) is 25.4 Å². The summed E-state index contributed by atoms with van der Waals surface area (Å²) >= 11 is 12.1. The molecule has 0 N–H and O–H groups in total. The minimum absolute atomic E-state index is 0.0144. The summed E-state index contributed by atoms with van der Waals surface area (Å²) in [7, 11) is 1.71. The van der Waals surface area contributed by atoms with Gasteiger partial charge in [-0.25, -0.2) is 4.98 Å². The average molecular weight is 569 g/mol. The van der Waals surface area contributed by atoms with Crippen LogP contribution < -0.4 is 9.47 Å². The standard InChI is InChI=1S/C28H30Cl2N6O3/c1-17(37-3)15-36-25(32-21-13-24(30)33-34-27(21)36)16-35-11-9-18(10-12-35)20-5-4-6-22-26(20)39-28(2,38-22)23-8-7-19(29)14-31-23/h4-8,13-14,17-18H,9-12,15-16H2,1-3H3/t17?,28-/m0/s1. The first-order valence-corrected chi connectivity index (χ1v) is 13.8. The molecule has 0 radical (unpaired) electrons. The summed E-state index contributed by atoms with van der Waals surface area (Å²) in [6, 6.07) is 11.5. The molecule has 5 heterocycles. The van der Waals surface area contributed by atoms with Crippen LogP contribution in [0.25, 0.3) is 11.2 Å². The van der Waals surface area contributed by atoms with Crippen molar-refractivity contribution in [2.24, 2.45) is 0 Å². The van der Waals surface area contributed by atoms with Gasteiger partial charge in [-0.2, -0.15) is 0 Å². The Kier molecular flexibility index (Phi) is 7.09. The van der Waals surface area contributed by atoms with Gasteiger partial charge in [0.1, 0.15) is 17.0 Å². The molecule has 0 amide bonds. The van der Waals surface area contributed by atoms with Crippen LogP contribution in [0.15, 0.2) is 42.6 Å². The molecule has 9 nitrogen and oxygen atoms in total. The normalized spacial score (nSPS) is 20.5.